The summed E-state index contributed by atoms with van der Waals surface area (Å²) < 4.78 is 6.74. The van der Waals surface area contributed by atoms with E-state index in [0.29, 0.717) is 24.9 Å². The summed E-state index contributed by atoms with van der Waals surface area (Å²) in [5.74, 6) is -0.932. The Bertz CT molecular complexity index is 592. The van der Waals surface area contributed by atoms with E-state index < -0.39 is 11.4 Å². The van der Waals surface area contributed by atoms with Crippen LogP contribution < -0.4 is 0 Å². The Morgan fingerprint density at radius 1 is 1.48 bits per heavy atom. The molecular formula is C16H25N3O4. The van der Waals surface area contributed by atoms with Gasteiger partial charge in [-0.1, -0.05) is 13.8 Å². The second kappa shape index (κ2) is 6.70. The highest BCUT2D eigenvalue weighted by molar-refractivity contribution is 5.95. The van der Waals surface area contributed by atoms with Gasteiger partial charge in [0.15, 0.2) is 0 Å². The number of piperidine rings is 1. The Morgan fingerprint density at radius 3 is 2.74 bits per heavy atom. The number of aromatic nitrogens is 2. The van der Waals surface area contributed by atoms with Gasteiger partial charge in [0, 0.05) is 33.4 Å². The molecule has 2 heterocycles. The van der Waals surface area contributed by atoms with Crippen molar-refractivity contribution in [3.63, 3.8) is 0 Å². The van der Waals surface area contributed by atoms with E-state index in [-0.39, 0.29) is 25.0 Å². The number of hydrogen-bond donors (Lipinski definition) is 1. The van der Waals surface area contributed by atoms with Crippen LogP contribution in [0.15, 0.2) is 6.20 Å². The van der Waals surface area contributed by atoms with Crippen molar-refractivity contribution in [2.45, 2.75) is 32.6 Å². The number of rotatable bonds is 5. The van der Waals surface area contributed by atoms with Crippen LogP contribution in [0.5, 0.6) is 0 Å². The fourth-order valence-corrected chi connectivity index (χ4v) is 3.20. The van der Waals surface area contributed by atoms with Crippen LogP contribution in [0.3, 0.4) is 0 Å². The maximum atomic E-state index is 12.9. The van der Waals surface area contributed by atoms with Gasteiger partial charge in [0.1, 0.15) is 5.41 Å². The van der Waals surface area contributed by atoms with Crippen molar-refractivity contribution in [1.82, 2.24) is 14.7 Å². The summed E-state index contributed by atoms with van der Waals surface area (Å²) in [5, 5.41) is 14.0. The first-order valence-electron chi connectivity index (χ1n) is 7.86. The maximum absolute atomic E-state index is 12.9. The Hall–Kier alpha value is -1.89. The van der Waals surface area contributed by atoms with Gasteiger partial charge in [-0.05, 0) is 18.8 Å². The monoisotopic (exact) mass is 323 g/mol. The SMILES string of the molecule is COCC1(C(=O)O)CCCN(C(=O)c2cn(C)nc2C(C)C)C1. The second-order valence-electron chi connectivity index (χ2n) is 6.61. The van der Waals surface area contributed by atoms with Gasteiger partial charge in [0.25, 0.3) is 5.91 Å². The second-order valence-corrected chi connectivity index (χ2v) is 6.61. The zero-order valence-electron chi connectivity index (χ0n) is 14.2. The third-order valence-electron chi connectivity index (χ3n) is 4.37. The van der Waals surface area contributed by atoms with Crippen LogP contribution in [0.1, 0.15) is 48.7 Å². The van der Waals surface area contributed by atoms with E-state index in [1.165, 1.54) is 7.11 Å². The zero-order chi connectivity index (χ0) is 17.2. The molecule has 1 unspecified atom stereocenters. The Balaban J connectivity index is 2.27. The fourth-order valence-electron chi connectivity index (χ4n) is 3.20. The van der Waals surface area contributed by atoms with E-state index in [9.17, 15) is 14.7 Å². The van der Waals surface area contributed by atoms with E-state index in [4.69, 9.17) is 4.74 Å². The molecule has 1 aromatic heterocycles. The first kappa shape index (κ1) is 17.5. The number of carbonyl (C=O) groups is 2. The normalized spacial score (nSPS) is 21.7. The van der Waals surface area contributed by atoms with Crippen molar-refractivity contribution in [1.29, 1.82) is 0 Å². The van der Waals surface area contributed by atoms with Crippen molar-refractivity contribution < 1.29 is 19.4 Å². The standard InChI is InChI=1S/C16H25N3O4/c1-11(2)13-12(8-18(3)17-13)14(20)19-7-5-6-16(9-19,10-23-4)15(21)22/h8,11H,5-7,9-10H2,1-4H3,(H,21,22). The highest BCUT2D eigenvalue weighted by Gasteiger charge is 2.44. The lowest BCUT2D eigenvalue weighted by Crippen LogP contribution is -2.52. The number of aliphatic carboxylic acids is 1. The van der Waals surface area contributed by atoms with Crippen LogP contribution >= 0.6 is 0 Å². The molecule has 0 spiro atoms. The van der Waals surface area contributed by atoms with Gasteiger partial charge >= 0.3 is 5.97 Å². The molecule has 0 radical (unpaired) electrons. The Morgan fingerprint density at radius 2 is 2.17 bits per heavy atom. The number of likely N-dealkylation sites (tertiary alicyclic amines) is 1. The molecular weight excluding hydrogens is 298 g/mol. The molecule has 7 nitrogen and oxygen atoms in total. The minimum Gasteiger partial charge on any atom is -0.481 e. The highest BCUT2D eigenvalue weighted by Crippen LogP contribution is 2.32. The van der Waals surface area contributed by atoms with Crippen molar-refractivity contribution in [3.8, 4) is 0 Å². The predicted octanol–water partition coefficient (Wildman–Crippen LogP) is 1.50. The lowest BCUT2D eigenvalue weighted by atomic mass is 9.80. The predicted molar refractivity (Wildman–Crippen MR) is 84.4 cm³/mol. The minimum absolute atomic E-state index is 0.107. The summed E-state index contributed by atoms with van der Waals surface area (Å²) in [5.41, 5.74) is 0.278. The number of amides is 1. The molecule has 0 saturated carbocycles. The van der Waals surface area contributed by atoms with Crippen molar-refractivity contribution >= 4 is 11.9 Å². The van der Waals surface area contributed by atoms with Gasteiger partial charge < -0.3 is 14.7 Å². The van der Waals surface area contributed by atoms with Crippen LogP contribution in [-0.4, -0.2) is 58.5 Å². The third kappa shape index (κ3) is 3.39. The van der Waals surface area contributed by atoms with E-state index >= 15 is 0 Å². The van der Waals surface area contributed by atoms with E-state index in [1.54, 1.807) is 22.8 Å². The first-order chi connectivity index (χ1) is 10.8. The molecule has 0 aliphatic carbocycles. The highest BCUT2D eigenvalue weighted by atomic mass is 16.5. The number of nitrogens with zero attached hydrogens (tertiary/aromatic N) is 3. The Labute approximate surface area is 136 Å². The number of carboxylic acid groups (broad SMARTS) is 1. The average molecular weight is 323 g/mol. The number of aryl methyl sites for hydroxylation is 1. The zero-order valence-corrected chi connectivity index (χ0v) is 14.2. The van der Waals surface area contributed by atoms with Crippen molar-refractivity contribution in [2.24, 2.45) is 12.5 Å². The summed E-state index contributed by atoms with van der Waals surface area (Å²) in [6.07, 6.45) is 2.88. The largest absolute Gasteiger partial charge is 0.481 e. The molecule has 1 amide bonds. The fraction of sp³-hybridized carbons (Fsp3) is 0.688. The quantitative estimate of drug-likeness (QED) is 0.887. The van der Waals surface area contributed by atoms with E-state index in [0.717, 1.165) is 5.69 Å². The maximum Gasteiger partial charge on any atom is 0.313 e. The summed E-state index contributed by atoms with van der Waals surface area (Å²) >= 11 is 0. The van der Waals surface area contributed by atoms with Crippen LogP contribution in [0.25, 0.3) is 0 Å². The summed E-state index contributed by atoms with van der Waals surface area (Å²) in [6.45, 7) is 4.81. The van der Waals surface area contributed by atoms with Gasteiger partial charge in [-0.15, -0.1) is 0 Å². The first-order valence-corrected chi connectivity index (χ1v) is 7.86. The molecule has 1 saturated heterocycles. The van der Waals surface area contributed by atoms with Crippen LogP contribution in [0, 0.1) is 5.41 Å². The number of hydrogen-bond acceptors (Lipinski definition) is 4. The molecule has 1 aliphatic rings. The van der Waals surface area contributed by atoms with Crippen LogP contribution in [0.4, 0.5) is 0 Å². The van der Waals surface area contributed by atoms with Crippen molar-refractivity contribution in [2.75, 3.05) is 26.8 Å². The van der Waals surface area contributed by atoms with Crippen molar-refractivity contribution in [3.05, 3.63) is 17.5 Å². The summed E-state index contributed by atoms with van der Waals surface area (Å²) in [6, 6.07) is 0. The molecule has 0 bridgehead atoms. The smallest absolute Gasteiger partial charge is 0.313 e. The minimum atomic E-state index is -1.02. The molecule has 23 heavy (non-hydrogen) atoms. The summed E-state index contributed by atoms with van der Waals surface area (Å²) in [4.78, 5) is 26.2. The third-order valence-corrected chi connectivity index (χ3v) is 4.37. The molecule has 7 heteroatoms. The van der Waals surface area contributed by atoms with Gasteiger partial charge in [-0.2, -0.15) is 5.10 Å². The van der Waals surface area contributed by atoms with E-state index in [1.807, 2.05) is 13.8 Å². The molecule has 1 aromatic rings. The average Bonchev–Trinajstić information content (AvgIpc) is 2.89. The molecule has 0 aromatic carbocycles. The van der Waals surface area contributed by atoms with Gasteiger partial charge in [-0.3, -0.25) is 14.3 Å². The van der Waals surface area contributed by atoms with Crippen LogP contribution in [-0.2, 0) is 16.6 Å². The van der Waals surface area contributed by atoms with Gasteiger partial charge in [0.2, 0.25) is 0 Å². The molecule has 128 valence electrons. The lowest BCUT2D eigenvalue weighted by molar-refractivity contribution is -0.155. The molecule has 1 fully saturated rings. The van der Waals surface area contributed by atoms with Crippen LogP contribution in [0.2, 0.25) is 0 Å². The topological polar surface area (TPSA) is 84.7 Å². The van der Waals surface area contributed by atoms with Gasteiger partial charge in [0.05, 0.1) is 17.9 Å². The molecule has 1 N–H and O–H groups in total. The summed E-state index contributed by atoms with van der Waals surface area (Å²) in [7, 11) is 3.27. The number of ether oxygens (including phenoxy) is 1. The number of methoxy groups -OCH3 is 1. The Kier molecular flexibility index (Phi) is 5.09. The molecule has 2 rings (SSSR count). The number of carboxylic acids is 1. The lowest BCUT2D eigenvalue weighted by Gasteiger charge is -2.39. The van der Waals surface area contributed by atoms with E-state index in [2.05, 4.69) is 5.10 Å². The number of carbonyl (C=O) groups excluding carboxylic acids is 1. The molecule has 1 aliphatic heterocycles. The molecule has 1 atom stereocenters. The van der Waals surface area contributed by atoms with Gasteiger partial charge in [-0.25, -0.2) is 0 Å².